The molecule has 0 saturated heterocycles. The minimum absolute atomic E-state index is 0.162. The second-order valence-corrected chi connectivity index (χ2v) is 5.97. The number of H-pyrrole nitrogens is 1. The third-order valence-electron chi connectivity index (χ3n) is 3.34. The summed E-state index contributed by atoms with van der Waals surface area (Å²) >= 11 is 1.86. The summed E-state index contributed by atoms with van der Waals surface area (Å²) in [6, 6.07) is 0. The van der Waals surface area contributed by atoms with Crippen molar-refractivity contribution in [2.24, 2.45) is 0 Å². The quantitative estimate of drug-likeness (QED) is 0.638. The van der Waals surface area contributed by atoms with Crippen molar-refractivity contribution in [1.82, 2.24) is 15.5 Å². The number of amides is 1. The molecule has 1 fully saturated rings. The maximum Gasteiger partial charge on any atom is 0.273 e. The van der Waals surface area contributed by atoms with E-state index in [1.165, 1.54) is 12.2 Å². The average Bonchev–Trinajstić information content (AvgIpc) is 3.17. The molecule has 19 heavy (non-hydrogen) atoms. The second kappa shape index (κ2) is 6.84. The van der Waals surface area contributed by atoms with Crippen LogP contribution < -0.4 is 11.1 Å². The maximum absolute atomic E-state index is 11.9. The van der Waals surface area contributed by atoms with Crippen LogP contribution in [0, 0.1) is 0 Å². The number of aromatic amines is 1. The number of carbonyl (C=O) groups is 1. The van der Waals surface area contributed by atoms with Gasteiger partial charge in [-0.05, 0) is 37.7 Å². The van der Waals surface area contributed by atoms with E-state index in [-0.39, 0.29) is 5.91 Å². The van der Waals surface area contributed by atoms with E-state index >= 15 is 0 Å². The zero-order valence-corrected chi connectivity index (χ0v) is 12.2. The number of nitrogen functional groups attached to an aromatic ring is 1. The smallest absolute Gasteiger partial charge is 0.273 e. The van der Waals surface area contributed by atoms with Crippen molar-refractivity contribution in [3.8, 4) is 0 Å². The molecule has 1 aliphatic rings. The first-order chi connectivity index (χ1) is 9.24. The minimum Gasteiger partial charge on any atom is -0.395 e. The monoisotopic (exact) mass is 282 g/mol. The molecule has 5 nitrogen and oxygen atoms in total. The Kier molecular flexibility index (Phi) is 5.13. The Hall–Kier alpha value is -1.17. The number of anilines is 1. The molecule has 1 aromatic heterocycles. The van der Waals surface area contributed by atoms with Crippen molar-refractivity contribution in [3.05, 3.63) is 11.4 Å². The molecule has 1 aromatic rings. The number of unbranched alkanes of at least 4 members (excludes halogenated alkanes) is 2. The van der Waals surface area contributed by atoms with E-state index in [2.05, 4.69) is 21.8 Å². The Morgan fingerprint density at radius 2 is 2.26 bits per heavy atom. The fourth-order valence-electron chi connectivity index (χ4n) is 2.05. The van der Waals surface area contributed by atoms with Crippen LogP contribution in [0.5, 0.6) is 0 Å². The second-order valence-electron chi connectivity index (χ2n) is 4.98. The molecule has 0 unspecified atom stereocenters. The zero-order valence-electron chi connectivity index (χ0n) is 11.4. The van der Waals surface area contributed by atoms with Gasteiger partial charge in [-0.3, -0.25) is 9.89 Å². The molecule has 4 N–H and O–H groups in total. The van der Waals surface area contributed by atoms with E-state index < -0.39 is 0 Å². The van der Waals surface area contributed by atoms with Crippen LogP contribution in [0.3, 0.4) is 0 Å². The Bertz CT molecular complexity index is 428. The van der Waals surface area contributed by atoms with E-state index in [9.17, 15) is 4.79 Å². The molecule has 6 heteroatoms. The highest BCUT2D eigenvalue weighted by Gasteiger charge is 2.30. The molecule has 0 radical (unpaired) electrons. The van der Waals surface area contributed by atoms with E-state index in [1.807, 2.05) is 11.8 Å². The Morgan fingerprint density at radius 3 is 2.95 bits per heavy atom. The zero-order chi connectivity index (χ0) is 13.7. The largest absolute Gasteiger partial charge is 0.395 e. The predicted octanol–water partition coefficient (Wildman–Crippen LogP) is 2.13. The van der Waals surface area contributed by atoms with E-state index in [0.29, 0.717) is 23.8 Å². The van der Waals surface area contributed by atoms with Gasteiger partial charge in [0, 0.05) is 12.5 Å². The predicted molar refractivity (Wildman–Crippen MR) is 79.5 cm³/mol. The molecule has 1 saturated carbocycles. The van der Waals surface area contributed by atoms with Gasteiger partial charge >= 0.3 is 0 Å². The summed E-state index contributed by atoms with van der Waals surface area (Å²) < 4.78 is 0. The number of aromatic nitrogens is 2. The van der Waals surface area contributed by atoms with Crippen LogP contribution in [0.1, 0.15) is 54.2 Å². The fraction of sp³-hybridized carbons (Fsp3) is 0.692. The topological polar surface area (TPSA) is 83.8 Å². The molecular weight excluding hydrogens is 260 g/mol. The molecule has 0 atom stereocenters. The van der Waals surface area contributed by atoms with E-state index in [4.69, 9.17) is 5.73 Å². The highest BCUT2D eigenvalue weighted by molar-refractivity contribution is 7.98. The van der Waals surface area contributed by atoms with Crippen molar-refractivity contribution in [2.45, 2.75) is 38.0 Å². The molecule has 106 valence electrons. The van der Waals surface area contributed by atoms with Gasteiger partial charge in [-0.2, -0.15) is 16.9 Å². The van der Waals surface area contributed by atoms with Crippen LogP contribution in [0.2, 0.25) is 0 Å². The van der Waals surface area contributed by atoms with Crippen LogP contribution >= 0.6 is 11.8 Å². The summed E-state index contributed by atoms with van der Waals surface area (Å²) in [5, 5.41) is 9.82. The lowest BCUT2D eigenvalue weighted by atomic mass is 10.2. The van der Waals surface area contributed by atoms with Gasteiger partial charge in [0.15, 0.2) is 5.69 Å². The van der Waals surface area contributed by atoms with Crippen LogP contribution in [0.4, 0.5) is 5.69 Å². The number of hydrogen-bond donors (Lipinski definition) is 3. The molecule has 0 bridgehead atoms. The van der Waals surface area contributed by atoms with Crippen LogP contribution in [0.25, 0.3) is 0 Å². The highest BCUT2D eigenvalue weighted by atomic mass is 32.2. The van der Waals surface area contributed by atoms with Crippen molar-refractivity contribution in [1.29, 1.82) is 0 Å². The number of nitrogens with one attached hydrogen (secondary N) is 2. The molecule has 1 amide bonds. The van der Waals surface area contributed by atoms with Crippen molar-refractivity contribution in [3.63, 3.8) is 0 Å². The van der Waals surface area contributed by atoms with Crippen molar-refractivity contribution in [2.75, 3.05) is 24.3 Å². The Balaban J connectivity index is 1.73. The first kappa shape index (κ1) is 14.2. The summed E-state index contributed by atoms with van der Waals surface area (Å²) in [4.78, 5) is 11.9. The van der Waals surface area contributed by atoms with Crippen LogP contribution in [-0.2, 0) is 0 Å². The highest BCUT2D eigenvalue weighted by Crippen LogP contribution is 2.42. The minimum atomic E-state index is -0.162. The molecule has 0 aromatic carbocycles. The molecule has 0 spiro atoms. The number of thioether (sulfide) groups is 1. The third kappa shape index (κ3) is 3.89. The SMILES string of the molecule is CSCCCCCNC(=O)c1n[nH]c(C2CC2)c1N. The lowest BCUT2D eigenvalue weighted by molar-refractivity contribution is 0.0949. The summed E-state index contributed by atoms with van der Waals surface area (Å²) in [6.07, 6.45) is 7.75. The first-order valence-corrected chi connectivity index (χ1v) is 8.24. The van der Waals surface area contributed by atoms with Gasteiger partial charge in [0.2, 0.25) is 0 Å². The summed E-state index contributed by atoms with van der Waals surface area (Å²) in [6.45, 7) is 0.693. The first-order valence-electron chi connectivity index (χ1n) is 6.85. The summed E-state index contributed by atoms with van der Waals surface area (Å²) in [5.41, 5.74) is 7.78. The number of hydrogen-bond acceptors (Lipinski definition) is 4. The van der Waals surface area contributed by atoms with Gasteiger partial charge in [0.05, 0.1) is 11.4 Å². The van der Waals surface area contributed by atoms with Crippen molar-refractivity contribution < 1.29 is 4.79 Å². The number of rotatable bonds is 8. The molecule has 1 heterocycles. The molecule has 1 aliphatic carbocycles. The summed E-state index contributed by atoms with van der Waals surface area (Å²) in [7, 11) is 0. The fourth-order valence-corrected chi connectivity index (χ4v) is 2.55. The van der Waals surface area contributed by atoms with Gasteiger partial charge in [0.25, 0.3) is 5.91 Å². The Labute approximate surface area is 118 Å². The van der Waals surface area contributed by atoms with Gasteiger partial charge in [-0.1, -0.05) is 6.42 Å². The van der Waals surface area contributed by atoms with E-state index in [1.54, 1.807) is 0 Å². The van der Waals surface area contributed by atoms with Gasteiger partial charge in [0.1, 0.15) is 0 Å². The van der Waals surface area contributed by atoms with Crippen LogP contribution in [-0.4, -0.2) is 34.7 Å². The number of carbonyl (C=O) groups excluding carboxylic acids is 1. The number of nitrogens with zero attached hydrogens (tertiary/aromatic N) is 1. The lowest BCUT2D eigenvalue weighted by Crippen LogP contribution is -2.25. The van der Waals surface area contributed by atoms with Crippen molar-refractivity contribution >= 4 is 23.4 Å². The Morgan fingerprint density at radius 1 is 1.47 bits per heavy atom. The molecular formula is C13H22N4OS. The van der Waals surface area contributed by atoms with Gasteiger partial charge < -0.3 is 11.1 Å². The standard InChI is InChI=1S/C13H22N4OS/c1-19-8-4-2-3-7-15-13(18)12-10(14)11(16-17-12)9-5-6-9/h9H,2-8,14H2,1H3,(H,15,18)(H,16,17). The van der Waals surface area contributed by atoms with Crippen LogP contribution in [0.15, 0.2) is 0 Å². The lowest BCUT2D eigenvalue weighted by Gasteiger charge is -2.03. The number of nitrogens with two attached hydrogens (primary N) is 1. The molecule has 2 rings (SSSR count). The average molecular weight is 282 g/mol. The van der Waals surface area contributed by atoms with Gasteiger partial charge in [-0.25, -0.2) is 0 Å². The maximum atomic E-state index is 11.9. The third-order valence-corrected chi connectivity index (χ3v) is 4.04. The normalized spacial score (nSPS) is 14.6. The van der Waals surface area contributed by atoms with Gasteiger partial charge in [-0.15, -0.1) is 0 Å². The molecule has 0 aliphatic heterocycles. The van der Waals surface area contributed by atoms with E-state index in [0.717, 1.165) is 31.4 Å². The summed E-state index contributed by atoms with van der Waals surface area (Å²) in [5.74, 6) is 1.51.